The maximum atomic E-state index is 12.9. The Balaban J connectivity index is 2.30. The van der Waals surface area contributed by atoms with Gasteiger partial charge in [-0.2, -0.15) is 4.31 Å². The Kier molecular flexibility index (Phi) is 5.66. The van der Waals surface area contributed by atoms with Gasteiger partial charge in [-0.05, 0) is 37.0 Å². The molecule has 0 N–H and O–H groups in total. The molecule has 1 aromatic rings. The average molecular weight is 332 g/mol. The summed E-state index contributed by atoms with van der Waals surface area (Å²) in [7, 11) is -3.51. The molecule has 0 aliphatic carbocycles. The molecule has 1 aliphatic rings. The smallest absolute Gasteiger partial charge is 0.243 e. The van der Waals surface area contributed by atoms with Crippen LogP contribution in [0.25, 0.3) is 0 Å². The molecule has 1 fully saturated rings. The van der Waals surface area contributed by atoms with Crippen molar-refractivity contribution in [2.75, 3.05) is 19.7 Å². The minimum Gasteiger partial charge on any atom is -0.377 e. The van der Waals surface area contributed by atoms with Crippen LogP contribution in [-0.4, -0.2) is 38.5 Å². The molecule has 1 unspecified atom stereocenters. The van der Waals surface area contributed by atoms with Crippen molar-refractivity contribution in [3.63, 3.8) is 0 Å². The Morgan fingerprint density at radius 2 is 2.19 bits per heavy atom. The fraction of sp³-hybridized carbons (Fsp3) is 0.600. The molecule has 21 heavy (non-hydrogen) atoms. The van der Waals surface area contributed by atoms with E-state index in [9.17, 15) is 8.42 Å². The Hall–Kier alpha value is -0.620. The normalized spacial score (nSPS) is 19.3. The predicted molar refractivity (Wildman–Crippen MR) is 84.1 cm³/mol. The molecule has 0 saturated carbocycles. The van der Waals surface area contributed by atoms with Crippen LogP contribution in [0.4, 0.5) is 0 Å². The van der Waals surface area contributed by atoms with Gasteiger partial charge in [-0.1, -0.05) is 19.1 Å². The lowest BCUT2D eigenvalue weighted by Gasteiger charge is -2.24. The number of likely N-dealkylation sites (N-methyl/N-ethyl adjacent to an activating group) is 1. The van der Waals surface area contributed by atoms with Gasteiger partial charge in [0.1, 0.15) is 0 Å². The summed E-state index contributed by atoms with van der Waals surface area (Å²) >= 11 is 5.88. The highest BCUT2D eigenvalue weighted by molar-refractivity contribution is 7.89. The molecule has 6 heteroatoms. The molecule has 1 saturated heterocycles. The first-order valence-electron chi connectivity index (χ1n) is 7.27. The molecular formula is C15H22ClNO3S. The van der Waals surface area contributed by atoms with Crippen LogP contribution in [0, 0.1) is 6.92 Å². The third-order valence-corrected chi connectivity index (χ3v) is 6.32. The van der Waals surface area contributed by atoms with E-state index >= 15 is 0 Å². The first-order valence-corrected chi connectivity index (χ1v) is 9.24. The van der Waals surface area contributed by atoms with Crippen LogP contribution in [0.5, 0.6) is 0 Å². The molecule has 0 bridgehead atoms. The summed E-state index contributed by atoms with van der Waals surface area (Å²) in [6, 6.07) is 5.26. The molecule has 0 radical (unpaired) electrons. The number of benzene rings is 1. The minimum absolute atomic E-state index is 0.0104. The Morgan fingerprint density at radius 1 is 1.43 bits per heavy atom. The lowest BCUT2D eigenvalue weighted by molar-refractivity contribution is 0.0946. The highest BCUT2D eigenvalue weighted by atomic mass is 35.5. The summed E-state index contributed by atoms with van der Waals surface area (Å²) in [5.41, 5.74) is 1.59. The van der Waals surface area contributed by atoms with Crippen molar-refractivity contribution in [3.8, 4) is 0 Å². The van der Waals surface area contributed by atoms with E-state index in [1.807, 2.05) is 19.9 Å². The number of nitrogens with zero attached hydrogens (tertiary/aromatic N) is 1. The van der Waals surface area contributed by atoms with Gasteiger partial charge < -0.3 is 4.74 Å². The third kappa shape index (κ3) is 3.59. The fourth-order valence-electron chi connectivity index (χ4n) is 2.64. The molecule has 0 amide bonds. The molecule has 1 heterocycles. The fourth-order valence-corrected chi connectivity index (χ4v) is 4.67. The van der Waals surface area contributed by atoms with Crippen LogP contribution >= 0.6 is 11.6 Å². The van der Waals surface area contributed by atoms with E-state index in [0.29, 0.717) is 23.9 Å². The second-order valence-electron chi connectivity index (χ2n) is 5.26. The van der Waals surface area contributed by atoms with Crippen molar-refractivity contribution in [1.82, 2.24) is 4.31 Å². The van der Waals surface area contributed by atoms with Crippen molar-refractivity contribution in [2.45, 2.75) is 43.6 Å². The number of ether oxygens (including phenoxy) is 1. The van der Waals surface area contributed by atoms with Crippen LogP contribution in [0.15, 0.2) is 23.1 Å². The third-order valence-electron chi connectivity index (χ3n) is 3.94. The standard InChI is InChI=1S/C15H22ClNO3S/c1-3-17(11-14-7-5-9-20-14)21(18,19)15-8-4-6-13(10-16)12(15)2/h4,6,8,14H,3,5,7,9-11H2,1-2H3. The molecule has 1 atom stereocenters. The highest BCUT2D eigenvalue weighted by Gasteiger charge is 2.29. The van der Waals surface area contributed by atoms with Gasteiger partial charge in [-0.25, -0.2) is 8.42 Å². The monoisotopic (exact) mass is 331 g/mol. The zero-order chi connectivity index (χ0) is 15.5. The van der Waals surface area contributed by atoms with E-state index in [1.54, 1.807) is 12.1 Å². The minimum atomic E-state index is -3.51. The van der Waals surface area contributed by atoms with E-state index in [0.717, 1.165) is 30.6 Å². The molecule has 0 aromatic heterocycles. The van der Waals surface area contributed by atoms with Crippen LogP contribution in [0.1, 0.15) is 30.9 Å². The van der Waals surface area contributed by atoms with E-state index in [1.165, 1.54) is 4.31 Å². The van der Waals surface area contributed by atoms with Crippen LogP contribution in [0.3, 0.4) is 0 Å². The zero-order valence-corrected chi connectivity index (χ0v) is 14.1. The summed E-state index contributed by atoms with van der Waals surface area (Å²) in [5.74, 6) is 0.313. The largest absolute Gasteiger partial charge is 0.377 e. The highest BCUT2D eigenvalue weighted by Crippen LogP contribution is 2.25. The molecule has 1 aliphatic heterocycles. The first kappa shape index (κ1) is 16.7. The second-order valence-corrected chi connectivity index (χ2v) is 7.44. The van der Waals surface area contributed by atoms with E-state index in [-0.39, 0.29) is 6.10 Å². The second kappa shape index (κ2) is 7.09. The number of sulfonamides is 1. The van der Waals surface area contributed by atoms with Crippen molar-refractivity contribution in [2.24, 2.45) is 0 Å². The van der Waals surface area contributed by atoms with Crippen molar-refractivity contribution >= 4 is 21.6 Å². The Labute approximate surface area is 132 Å². The van der Waals surface area contributed by atoms with Gasteiger partial charge in [0.2, 0.25) is 10.0 Å². The molecule has 118 valence electrons. The van der Waals surface area contributed by atoms with E-state index in [4.69, 9.17) is 16.3 Å². The van der Waals surface area contributed by atoms with Gasteiger partial charge >= 0.3 is 0 Å². The zero-order valence-electron chi connectivity index (χ0n) is 12.5. The lowest BCUT2D eigenvalue weighted by atomic mass is 10.1. The van der Waals surface area contributed by atoms with Crippen LogP contribution in [-0.2, 0) is 20.6 Å². The van der Waals surface area contributed by atoms with Crippen molar-refractivity contribution < 1.29 is 13.2 Å². The Morgan fingerprint density at radius 3 is 2.76 bits per heavy atom. The summed E-state index contributed by atoms with van der Waals surface area (Å²) in [4.78, 5) is 0.348. The molecule has 0 spiro atoms. The van der Waals surface area contributed by atoms with Gasteiger partial charge in [0.05, 0.1) is 11.0 Å². The van der Waals surface area contributed by atoms with E-state index in [2.05, 4.69) is 0 Å². The van der Waals surface area contributed by atoms with Gasteiger partial charge in [-0.3, -0.25) is 0 Å². The summed E-state index contributed by atoms with van der Waals surface area (Å²) in [6.45, 7) is 5.25. The molecule has 4 nitrogen and oxygen atoms in total. The SMILES string of the molecule is CCN(CC1CCCO1)S(=O)(=O)c1cccc(CCl)c1C. The number of halogens is 1. The quantitative estimate of drug-likeness (QED) is 0.753. The maximum Gasteiger partial charge on any atom is 0.243 e. The lowest BCUT2D eigenvalue weighted by Crippen LogP contribution is -2.37. The predicted octanol–water partition coefficient (Wildman–Crippen LogP) is 2.92. The van der Waals surface area contributed by atoms with Gasteiger partial charge in [0.15, 0.2) is 0 Å². The topological polar surface area (TPSA) is 46.6 Å². The number of hydrogen-bond donors (Lipinski definition) is 0. The summed E-state index contributed by atoms with van der Waals surface area (Å²) in [6.07, 6.45) is 1.94. The first-order chi connectivity index (χ1) is 10.0. The summed E-state index contributed by atoms with van der Waals surface area (Å²) < 4.78 is 32.8. The summed E-state index contributed by atoms with van der Waals surface area (Å²) in [5, 5.41) is 0. The van der Waals surface area contributed by atoms with Crippen LogP contribution in [0.2, 0.25) is 0 Å². The number of rotatable bonds is 6. The van der Waals surface area contributed by atoms with Gasteiger partial charge in [0.25, 0.3) is 0 Å². The molecular weight excluding hydrogens is 310 g/mol. The average Bonchev–Trinajstić information content (AvgIpc) is 2.97. The van der Waals surface area contributed by atoms with Gasteiger partial charge in [-0.15, -0.1) is 11.6 Å². The van der Waals surface area contributed by atoms with Gasteiger partial charge in [0, 0.05) is 25.6 Å². The van der Waals surface area contributed by atoms with Crippen LogP contribution < -0.4 is 0 Å². The van der Waals surface area contributed by atoms with Crippen molar-refractivity contribution in [3.05, 3.63) is 29.3 Å². The molecule has 1 aromatic carbocycles. The maximum absolute atomic E-state index is 12.9. The van der Waals surface area contributed by atoms with Crippen molar-refractivity contribution in [1.29, 1.82) is 0 Å². The number of alkyl halides is 1. The Bertz CT molecular complexity index is 583. The molecule has 2 rings (SSSR count). The van der Waals surface area contributed by atoms with E-state index < -0.39 is 10.0 Å². The number of hydrogen-bond acceptors (Lipinski definition) is 3.